The average Bonchev–Trinajstić information content (AvgIpc) is 2.20. The number of amides is 1. The maximum absolute atomic E-state index is 13.5. The molecule has 0 saturated carbocycles. The Hall–Kier alpha value is -0.760. The quantitative estimate of drug-likeness (QED) is 0.581. The summed E-state index contributed by atoms with van der Waals surface area (Å²) in [6, 6.07) is 4.71. The van der Waals surface area contributed by atoms with Crippen molar-refractivity contribution in [2.75, 3.05) is 5.32 Å². The lowest BCUT2D eigenvalue weighted by molar-refractivity contribution is -0.126. The van der Waals surface area contributed by atoms with E-state index in [-0.39, 0.29) is 16.7 Å². The molecule has 0 saturated heterocycles. The van der Waals surface area contributed by atoms with E-state index in [0.717, 1.165) is 3.57 Å². The van der Waals surface area contributed by atoms with Crippen LogP contribution in [0, 0.1) is 14.8 Å². The topological polar surface area (TPSA) is 41.1 Å². The van der Waals surface area contributed by atoms with Gasteiger partial charge in [-0.15, -0.1) is 0 Å². The van der Waals surface area contributed by atoms with Gasteiger partial charge >= 0.3 is 0 Å². The molecule has 0 radical (unpaired) electrons. The highest BCUT2D eigenvalue weighted by Gasteiger charge is 2.22. The van der Waals surface area contributed by atoms with Gasteiger partial charge in [0.15, 0.2) is 5.11 Å². The number of anilines is 1. The summed E-state index contributed by atoms with van der Waals surface area (Å²) in [5.41, 5.74) is -0.300. The normalized spacial score (nSPS) is 10.9. The number of hydrogen-bond donors (Lipinski definition) is 2. The highest BCUT2D eigenvalue weighted by molar-refractivity contribution is 14.1. The Morgan fingerprint density at radius 2 is 2.00 bits per heavy atom. The molecule has 0 aliphatic rings. The molecule has 98 valence electrons. The zero-order chi connectivity index (χ0) is 13.9. The van der Waals surface area contributed by atoms with E-state index in [1.165, 1.54) is 6.07 Å². The zero-order valence-corrected chi connectivity index (χ0v) is 13.3. The minimum absolute atomic E-state index is 0.0926. The predicted molar refractivity (Wildman–Crippen MR) is 82.9 cm³/mol. The van der Waals surface area contributed by atoms with Crippen LogP contribution in [-0.4, -0.2) is 11.0 Å². The van der Waals surface area contributed by atoms with Gasteiger partial charge in [-0.3, -0.25) is 4.79 Å². The Morgan fingerprint density at radius 3 is 2.50 bits per heavy atom. The molecule has 0 atom stereocenters. The van der Waals surface area contributed by atoms with E-state index < -0.39 is 11.2 Å². The Kier molecular flexibility index (Phi) is 5.03. The molecule has 0 unspecified atom stereocenters. The maximum atomic E-state index is 13.5. The van der Waals surface area contributed by atoms with Crippen LogP contribution in [-0.2, 0) is 4.79 Å². The summed E-state index contributed by atoms with van der Waals surface area (Å²) in [7, 11) is 0. The number of carbonyl (C=O) groups is 1. The molecule has 2 N–H and O–H groups in total. The van der Waals surface area contributed by atoms with Crippen molar-refractivity contribution in [2.45, 2.75) is 20.8 Å². The molecule has 0 aliphatic heterocycles. The lowest BCUT2D eigenvalue weighted by atomic mass is 9.96. The number of halogens is 2. The summed E-state index contributed by atoms with van der Waals surface area (Å²) in [5.74, 6) is -0.625. The Labute approximate surface area is 125 Å². The number of rotatable bonds is 1. The second kappa shape index (κ2) is 5.92. The standard InChI is InChI=1S/C12H14FIN2OS/c1-12(2,3)10(17)16-11(18)15-9-5-4-7(14)6-8(9)13/h4-6H,1-3H3,(H2,15,16,17,18). The second-order valence-corrected chi connectivity index (χ2v) is 6.44. The lowest BCUT2D eigenvalue weighted by Crippen LogP contribution is -2.41. The third-order valence-electron chi connectivity index (χ3n) is 2.09. The number of benzene rings is 1. The van der Waals surface area contributed by atoms with Crippen molar-refractivity contribution in [1.29, 1.82) is 0 Å². The van der Waals surface area contributed by atoms with Gasteiger partial charge in [0.2, 0.25) is 5.91 Å². The van der Waals surface area contributed by atoms with E-state index in [1.807, 2.05) is 22.6 Å². The van der Waals surface area contributed by atoms with Crippen LogP contribution in [0.4, 0.5) is 10.1 Å². The van der Waals surface area contributed by atoms with Crippen LogP contribution in [0.25, 0.3) is 0 Å². The van der Waals surface area contributed by atoms with E-state index in [1.54, 1.807) is 32.9 Å². The second-order valence-electron chi connectivity index (χ2n) is 4.78. The fourth-order valence-electron chi connectivity index (χ4n) is 1.04. The highest BCUT2D eigenvalue weighted by Crippen LogP contribution is 2.17. The van der Waals surface area contributed by atoms with Crippen LogP contribution in [0.15, 0.2) is 18.2 Å². The van der Waals surface area contributed by atoms with E-state index in [4.69, 9.17) is 12.2 Å². The molecule has 1 amide bonds. The molecule has 0 fully saturated rings. The fraction of sp³-hybridized carbons (Fsp3) is 0.333. The first-order valence-electron chi connectivity index (χ1n) is 5.27. The SMILES string of the molecule is CC(C)(C)C(=O)NC(=S)Nc1ccc(I)cc1F. The van der Waals surface area contributed by atoms with Gasteiger partial charge in [0, 0.05) is 8.99 Å². The van der Waals surface area contributed by atoms with E-state index in [0.29, 0.717) is 0 Å². The van der Waals surface area contributed by atoms with Crippen molar-refractivity contribution in [3.8, 4) is 0 Å². The molecule has 0 bridgehead atoms. The van der Waals surface area contributed by atoms with Gasteiger partial charge < -0.3 is 10.6 Å². The first kappa shape index (κ1) is 15.3. The number of carbonyl (C=O) groups excluding carboxylic acids is 1. The Balaban J connectivity index is 2.68. The van der Waals surface area contributed by atoms with Gasteiger partial charge in [-0.25, -0.2) is 4.39 Å². The van der Waals surface area contributed by atoms with Crippen molar-refractivity contribution >= 4 is 51.5 Å². The molecule has 1 aromatic rings. The van der Waals surface area contributed by atoms with E-state index >= 15 is 0 Å². The minimum atomic E-state index is -0.545. The van der Waals surface area contributed by atoms with Crippen LogP contribution in [0.5, 0.6) is 0 Å². The molecular weight excluding hydrogens is 366 g/mol. The fourth-order valence-corrected chi connectivity index (χ4v) is 1.69. The first-order chi connectivity index (χ1) is 8.20. The third kappa shape index (κ3) is 4.49. The van der Waals surface area contributed by atoms with Crippen LogP contribution in [0.1, 0.15) is 20.8 Å². The van der Waals surface area contributed by atoms with Crippen molar-refractivity contribution < 1.29 is 9.18 Å². The molecule has 0 aliphatic carbocycles. The molecule has 0 aromatic heterocycles. The number of nitrogens with one attached hydrogen (secondary N) is 2. The summed E-state index contributed by atoms with van der Waals surface area (Å²) in [5, 5.41) is 5.28. The third-order valence-corrected chi connectivity index (χ3v) is 2.96. The molecule has 1 aromatic carbocycles. The van der Waals surface area contributed by atoms with Crippen LogP contribution in [0.2, 0.25) is 0 Å². The van der Waals surface area contributed by atoms with Crippen molar-refractivity contribution in [2.24, 2.45) is 5.41 Å². The van der Waals surface area contributed by atoms with Gasteiger partial charge in [-0.1, -0.05) is 20.8 Å². The smallest absolute Gasteiger partial charge is 0.231 e. The van der Waals surface area contributed by atoms with Gasteiger partial charge in [0.1, 0.15) is 5.82 Å². The monoisotopic (exact) mass is 380 g/mol. The zero-order valence-electron chi connectivity index (χ0n) is 10.3. The molecule has 6 heteroatoms. The van der Waals surface area contributed by atoms with Crippen LogP contribution in [0.3, 0.4) is 0 Å². The van der Waals surface area contributed by atoms with E-state index in [9.17, 15) is 9.18 Å². The summed E-state index contributed by atoms with van der Waals surface area (Å²) < 4.78 is 14.3. The molecule has 1 rings (SSSR count). The summed E-state index contributed by atoms with van der Waals surface area (Å²) in [6.45, 7) is 5.32. The molecule has 0 heterocycles. The Morgan fingerprint density at radius 1 is 1.39 bits per heavy atom. The number of thiocarbonyl (C=S) groups is 1. The highest BCUT2D eigenvalue weighted by atomic mass is 127. The van der Waals surface area contributed by atoms with Gasteiger partial charge in [-0.05, 0) is 53.0 Å². The van der Waals surface area contributed by atoms with Gasteiger partial charge in [0.05, 0.1) is 5.69 Å². The van der Waals surface area contributed by atoms with Gasteiger partial charge in [-0.2, -0.15) is 0 Å². The average molecular weight is 380 g/mol. The minimum Gasteiger partial charge on any atom is -0.330 e. The van der Waals surface area contributed by atoms with Gasteiger partial charge in [0.25, 0.3) is 0 Å². The van der Waals surface area contributed by atoms with Crippen LogP contribution >= 0.6 is 34.8 Å². The van der Waals surface area contributed by atoms with Crippen LogP contribution < -0.4 is 10.6 Å². The summed E-state index contributed by atoms with van der Waals surface area (Å²) in [6.07, 6.45) is 0. The predicted octanol–water partition coefficient (Wildman–Crippen LogP) is 3.29. The van der Waals surface area contributed by atoms with Crippen molar-refractivity contribution in [1.82, 2.24) is 5.32 Å². The van der Waals surface area contributed by atoms with E-state index in [2.05, 4.69) is 10.6 Å². The lowest BCUT2D eigenvalue weighted by Gasteiger charge is -2.18. The molecule has 3 nitrogen and oxygen atoms in total. The summed E-state index contributed by atoms with van der Waals surface area (Å²) >= 11 is 6.98. The summed E-state index contributed by atoms with van der Waals surface area (Å²) in [4.78, 5) is 11.7. The molecule has 18 heavy (non-hydrogen) atoms. The Bertz CT molecular complexity index is 485. The van der Waals surface area contributed by atoms with Crippen molar-refractivity contribution in [3.63, 3.8) is 0 Å². The van der Waals surface area contributed by atoms with Crippen molar-refractivity contribution in [3.05, 3.63) is 27.6 Å². The first-order valence-corrected chi connectivity index (χ1v) is 6.76. The number of hydrogen-bond acceptors (Lipinski definition) is 2. The molecule has 0 spiro atoms. The molecular formula is C12H14FIN2OS. The maximum Gasteiger partial charge on any atom is 0.231 e. The largest absolute Gasteiger partial charge is 0.330 e.